The molecule has 4 rings (SSSR count). The van der Waals surface area contributed by atoms with E-state index in [-0.39, 0.29) is 11.5 Å². The van der Waals surface area contributed by atoms with Crippen LogP contribution in [0, 0.1) is 0 Å². The number of hydrogen-bond donors (Lipinski definition) is 0. The Bertz CT molecular complexity index is 829. The van der Waals surface area contributed by atoms with Crippen molar-refractivity contribution in [1.29, 1.82) is 0 Å². The van der Waals surface area contributed by atoms with Crippen LogP contribution in [-0.4, -0.2) is 61.2 Å². The average molecular weight is 409 g/mol. The highest BCUT2D eigenvalue weighted by Crippen LogP contribution is 2.37. The zero-order valence-corrected chi connectivity index (χ0v) is 18.0. The molecule has 2 heterocycles. The molecule has 1 unspecified atom stereocenters. The quantitative estimate of drug-likeness (QED) is 0.751. The minimum atomic E-state index is -0.0927. The number of carbonyl (C=O) groups excluding carboxylic acids is 1. The van der Waals surface area contributed by atoms with Crippen molar-refractivity contribution in [1.82, 2.24) is 9.80 Å². The molecular weight excluding hydrogens is 376 g/mol. The first-order chi connectivity index (χ1) is 14.6. The number of hydrogen-bond acceptors (Lipinski definition) is 4. The Morgan fingerprint density at radius 1 is 1.13 bits per heavy atom. The zero-order valence-electron chi connectivity index (χ0n) is 18.0. The van der Waals surface area contributed by atoms with E-state index in [0.717, 1.165) is 63.2 Å². The van der Waals surface area contributed by atoms with Crippen LogP contribution >= 0.6 is 0 Å². The van der Waals surface area contributed by atoms with Gasteiger partial charge in [0.2, 0.25) is 0 Å². The van der Waals surface area contributed by atoms with Gasteiger partial charge in [-0.1, -0.05) is 30.3 Å². The van der Waals surface area contributed by atoms with E-state index in [2.05, 4.69) is 42.3 Å². The summed E-state index contributed by atoms with van der Waals surface area (Å²) in [4.78, 5) is 17.3. The van der Waals surface area contributed by atoms with Gasteiger partial charge in [0.25, 0.3) is 5.91 Å². The highest BCUT2D eigenvalue weighted by atomic mass is 16.5. The fraction of sp³-hybridized carbons (Fsp3) is 0.480. The molecule has 0 bridgehead atoms. The lowest BCUT2D eigenvalue weighted by molar-refractivity contribution is -0.128. The highest BCUT2D eigenvalue weighted by molar-refractivity contribution is 5.94. The van der Waals surface area contributed by atoms with Crippen LogP contribution in [0.15, 0.2) is 54.6 Å². The van der Waals surface area contributed by atoms with Gasteiger partial charge in [-0.25, -0.2) is 0 Å². The van der Waals surface area contributed by atoms with Crippen LogP contribution in [0.25, 0.3) is 0 Å². The average Bonchev–Trinajstić information content (AvgIpc) is 2.80. The van der Waals surface area contributed by atoms with Crippen LogP contribution < -0.4 is 4.74 Å². The van der Waals surface area contributed by atoms with Crippen molar-refractivity contribution in [2.45, 2.75) is 43.9 Å². The van der Waals surface area contributed by atoms with Crippen molar-refractivity contribution in [3.05, 3.63) is 65.7 Å². The Labute approximate surface area is 179 Å². The molecule has 1 atom stereocenters. The second-order valence-electron chi connectivity index (χ2n) is 8.60. The summed E-state index contributed by atoms with van der Waals surface area (Å²) in [6.45, 7) is 3.26. The molecule has 0 aromatic heterocycles. The van der Waals surface area contributed by atoms with E-state index >= 15 is 0 Å². The van der Waals surface area contributed by atoms with Gasteiger partial charge < -0.3 is 14.4 Å². The van der Waals surface area contributed by atoms with Crippen LogP contribution in [0.4, 0.5) is 0 Å². The normalized spacial score (nSPS) is 21.0. The molecule has 5 nitrogen and oxygen atoms in total. The summed E-state index contributed by atoms with van der Waals surface area (Å²) in [6.07, 6.45) is 3.93. The first-order valence-electron chi connectivity index (χ1n) is 10.9. The lowest BCUT2D eigenvalue weighted by Gasteiger charge is -2.48. The summed E-state index contributed by atoms with van der Waals surface area (Å²) in [5, 5.41) is 0. The van der Waals surface area contributed by atoms with Gasteiger partial charge >= 0.3 is 0 Å². The first-order valence-corrected chi connectivity index (χ1v) is 10.9. The molecule has 2 aromatic rings. The molecule has 2 aromatic carbocycles. The molecule has 2 saturated heterocycles. The minimum absolute atomic E-state index is 0.0927. The van der Waals surface area contributed by atoms with Gasteiger partial charge in [-0.05, 0) is 62.6 Å². The minimum Gasteiger partial charge on any atom is -0.497 e. The number of rotatable bonds is 5. The van der Waals surface area contributed by atoms with Gasteiger partial charge in [0.05, 0.1) is 12.7 Å². The third-order valence-electron chi connectivity index (χ3n) is 6.66. The first kappa shape index (κ1) is 20.9. The van der Waals surface area contributed by atoms with Crippen molar-refractivity contribution in [3.8, 4) is 5.75 Å². The second kappa shape index (κ2) is 9.19. The third-order valence-corrected chi connectivity index (χ3v) is 6.66. The van der Waals surface area contributed by atoms with Gasteiger partial charge in [-0.2, -0.15) is 0 Å². The summed E-state index contributed by atoms with van der Waals surface area (Å²) in [5.74, 6) is 0.867. The summed E-state index contributed by atoms with van der Waals surface area (Å²) in [6, 6.07) is 18.5. The number of likely N-dealkylation sites (tertiary alicyclic amines) is 1. The van der Waals surface area contributed by atoms with E-state index in [1.807, 2.05) is 29.2 Å². The standard InChI is InChI=1S/C25H32N2O3/c1-26(19-20-6-4-3-5-7-20)22-12-17-30-25(18-22)13-15-27(16-14-25)24(28)21-8-10-23(29-2)11-9-21/h3-11,22H,12-19H2,1-2H3. The van der Waals surface area contributed by atoms with Crippen LogP contribution in [-0.2, 0) is 11.3 Å². The summed E-state index contributed by atoms with van der Waals surface area (Å²) in [5.41, 5.74) is 1.97. The number of methoxy groups -OCH3 is 1. The molecule has 2 fully saturated rings. The molecular formula is C25H32N2O3. The van der Waals surface area contributed by atoms with Crippen molar-refractivity contribution < 1.29 is 14.3 Å². The fourth-order valence-corrected chi connectivity index (χ4v) is 4.76. The maximum absolute atomic E-state index is 12.9. The molecule has 1 spiro atoms. The van der Waals surface area contributed by atoms with E-state index in [0.29, 0.717) is 6.04 Å². The Morgan fingerprint density at radius 3 is 2.50 bits per heavy atom. The van der Waals surface area contributed by atoms with Crippen molar-refractivity contribution in [3.63, 3.8) is 0 Å². The fourth-order valence-electron chi connectivity index (χ4n) is 4.76. The monoisotopic (exact) mass is 408 g/mol. The zero-order chi connectivity index (χ0) is 21.0. The Kier molecular flexibility index (Phi) is 6.40. The molecule has 5 heteroatoms. The second-order valence-corrected chi connectivity index (χ2v) is 8.60. The molecule has 160 valence electrons. The van der Waals surface area contributed by atoms with E-state index < -0.39 is 0 Å². The lowest BCUT2D eigenvalue weighted by atomic mass is 9.81. The van der Waals surface area contributed by atoms with Crippen LogP contribution in [0.5, 0.6) is 5.75 Å². The summed E-state index contributed by atoms with van der Waals surface area (Å²) < 4.78 is 11.5. The number of piperidine rings is 1. The Morgan fingerprint density at radius 2 is 1.83 bits per heavy atom. The number of amides is 1. The van der Waals surface area contributed by atoms with Gasteiger partial charge in [0, 0.05) is 37.8 Å². The maximum Gasteiger partial charge on any atom is 0.253 e. The van der Waals surface area contributed by atoms with E-state index in [1.165, 1.54) is 5.56 Å². The molecule has 1 amide bonds. The van der Waals surface area contributed by atoms with Crippen LogP contribution in [0.2, 0.25) is 0 Å². The van der Waals surface area contributed by atoms with Gasteiger partial charge in [-0.15, -0.1) is 0 Å². The summed E-state index contributed by atoms with van der Waals surface area (Å²) >= 11 is 0. The predicted octanol–water partition coefficient (Wildman–Crippen LogP) is 3.98. The number of benzene rings is 2. The number of ether oxygens (including phenoxy) is 2. The smallest absolute Gasteiger partial charge is 0.253 e. The van der Waals surface area contributed by atoms with Gasteiger partial charge in [0.1, 0.15) is 5.75 Å². The Hall–Kier alpha value is -2.37. The van der Waals surface area contributed by atoms with E-state index in [1.54, 1.807) is 7.11 Å². The highest BCUT2D eigenvalue weighted by Gasteiger charge is 2.42. The van der Waals surface area contributed by atoms with Crippen molar-refractivity contribution >= 4 is 5.91 Å². The van der Waals surface area contributed by atoms with Crippen LogP contribution in [0.1, 0.15) is 41.6 Å². The van der Waals surface area contributed by atoms with E-state index in [4.69, 9.17) is 9.47 Å². The van der Waals surface area contributed by atoms with Crippen molar-refractivity contribution in [2.75, 3.05) is 33.9 Å². The predicted molar refractivity (Wildman–Crippen MR) is 118 cm³/mol. The lowest BCUT2D eigenvalue weighted by Crippen LogP contribution is -2.54. The largest absolute Gasteiger partial charge is 0.497 e. The van der Waals surface area contributed by atoms with Gasteiger partial charge in [0.15, 0.2) is 0 Å². The summed E-state index contributed by atoms with van der Waals surface area (Å²) in [7, 11) is 3.86. The van der Waals surface area contributed by atoms with Crippen LogP contribution in [0.3, 0.4) is 0 Å². The topological polar surface area (TPSA) is 42.0 Å². The SMILES string of the molecule is COc1ccc(C(=O)N2CCC3(CC2)CC(N(C)Cc2ccccc2)CCO3)cc1. The molecule has 2 aliphatic rings. The Balaban J connectivity index is 1.34. The number of carbonyl (C=O) groups is 1. The molecule has 0 aliphatic carbocycles. The molecule has 0 N–H and O–H groups in total. The molecule has 30 heavy (non-hydrogen) atoms. The molecule has 0 radical (unpaired) electrons. The van der Waals surface area contributed by atoms with E-state index in [9.17, 15) is 4.79 Å². The maximum atomic E-state index is 12.9. The number of nitrogens with zero attached hydrogens (tertiary/aromatic N) is 2. The molecule has 2 aliphatic heterocycles. The molecule has 0 saturated carbocycles. The third kappa shape index (κ3) is 4.68. The van der Waals surface area contributed by atoms with Crippen molar-refractivity contribution in [2.24, 2.45) is 0 Å². The van der Waals surface area contributed by atoms with Gasteiger partial charge in [-0.3, -0.25) is 9.69 Å².